The van der Waals surface area contributed by atoms with Crippen LogP contribution in [0.1, 0.15) is 11.1 Å². The zero-order valence-corrected chi connectivity index (χ0v) is 12.3. The quantitative estimate of drug-likeness (QED) is 0.677. The van der Waals surface area contributed by atoms with Crippen LogP contribution in [0.5, 0.6) is 11.5 Å². The van der Waals surface area contributed by atoms with E-state index in [0.29, 0.717) is 11.5 Å². The number of aliphatic hydroxyl groups is 1. The number of rotatable bonds is 4. The van der Waals surface area contributed by atoms with Gasteiger partial charge in [-0.05, 0) is 36.2 Å². The molecule has 2 rings (SSSR count). The van der Waals surface area contributed by atoms with Crippen molar-refractivity contribution in [2.75, 3.05) is 0 Å². The summed E-state index contributed by atoms with van der Waals surface area (Å²) in [4.78, 5) is 10.3. The monoisotopic (exact) mass is 337 g/mol. The Morgan fingerprint density at radius 1 is 1.30 bits per heavy atom. The van der Waals surface area contributed by atoms with Crippen molar-refractivity contribution in [3.05, 3.63) is 62.1 Å². The lowest BCUT2D eigenvalue weighted by molar-refractivity contribution is -0.384. The first kappa shape index (κ1) is 14.5. The van der Waals surface area contributed by atoms with Crippen molar-refractivity contribution in [2.45, 2.75) is 13.5 Å². The zero-order valence-electron chi connectivity index (χ0n) is 10.7. The summed E-state index contributed by atoms with van der Waals surface area (Å²) in [5.41, 5.74) is 1.53. The lowest BCUT2D eigenvalue weighted by atomic mass is 10.2. The number of ether oxygens (including phenoxy) is 1. The van der Waals surface area contributed by atoms with Gasteiger partial charge in [0.15, 0.2) is 0 Å². The van der Waals surface area contributed by atoms with E-state index in [2.05, 4.69) is 15.9 Å². The van der Waals surface area contributed by atoms with Gasteiger partial charge >= 0.3 is 0 Å². The van der Waals surface area contributed by atoms with E-state index in [9.17, 15) is 10.1 Å². The van der Waals surface area contributed by atoms with Crippen LogP contribution in [0.3, 0.4) is 0 Å². The second-order valence-corrected chi connectivity index (χ2v) is 5.07. The van der Waals surface area contributed by atoms with Crippen LogP contribution in [0.4, 0.5) is 5.69 Å². The topological polar surface area (TPSA) is 72.6 Å². The number of aryl methyl sites for hydroxylation is 1. The molecule has 0 spiro atoms. The number of nitro benzene ring substituents is 1. The minimum absolute atomic E-state index is 0.0170. The Kier molecular flexibility index (Phi) is 4.36. The van der Waals surface area contributed by atoms with Gasteiger partial charge in [0, 0.05) is 10.5 Å². The van der Waals surface area contributed by atoms with Crippen LogP contribution < -0.4 is 4.74 Å². The van der Waals surface area contributed by atoms with Crippen molar-refractivity contribution >= 4 is 21.6 Å². The summed E-state index contributed by atoms with van der Waals surface area (Å²) >= 11 is 3.33. The molecule has 104 valence electrons. The molecule has 0 saturated carbocycles. The Labute approximate surface area is 124 Å². The average molecular weight is 338 g/mol. The SMILES string of the molecule is Cc1ccc([N+](=O)[O-])cc1Oc1ccc(CO)c(Br)c1. The summed E-state index contributed by atoms with van der Waals surface area (Å²) in [6.45, 7) is 1.74. The van der Waals surface area contributed by atoms with Gasteiger partial charge in [-0.15, -0.1) is 0 Å². The molecule has 0 saturated heterocycles. The van der Waals surface area contributed by atoms with Crippen molar-refractivity contribution in [3.63, 3.8) is 0 Å². The summed E-state index contributed by atoms with van der Waals surface area (Å²) in [5, 5.41) is 19.9. The largest absolute Gasteiger partial charge is 0.457 e. The van der Waals surface area contributed by atoms with E-state index in [1.54, 1.807) is 24.3 Å². The Hall–Kier alpha value is -1.92. The highest BCUT2D eigenvalue weighted by Crippen LogP contribution is 2.31. The molecule has 5 nitrogen and oxygen atoms in total. The summed E-state index contributed by atoms with van der Waals surface area (Å²) in [6, 6.07) is 9.62. The van der Waals surface area contributed by atoms with Gasteiger partial charge in [-0.25, -0.2) is 0 Å². The fraction of sp³-hybridized carbons (Fsp3) is 0.143. The molecule has 20 heavy (non-hydrogen) atoms. The van der Waals surface area contributed by atoms with Crippen molar-refractivity contribution < 1.29 is 14.8 Å². The predicted molar refractivity (Wildman–Crippen MR) is 78.0 cm³/mol. The van der Waals surface area contributed by atoms with Gasteiger partial charge in [-0.3, -0.25) is 10.1 Å². The predicted octanol–water partition coefficient (Wildman–Crippen LogP) is 3.95. The fourth-order valence-corrected chi connectivity index (χ4v) is 2.14. The van der Waals surface area contributed by atoms with Gasteiger partial charge in [0.25, 0.3) is 5.69 Å². The molecular formula is C14H12BrNO4. The fourth-order valence-electron chi connectivity index (χ4n) is 1.66. The lowest BCUT2D eigenvalue weighted by Crippen LogP contribution is -1.93. The Bertz CT molecular complexity index is 658. The second kappa shape index (κ2) is 6.02. The van der Waals surface area contributed by atoms with Crippen molar-refractivity contribution in [1.29, 1.82) is 0 Å². The zero-order chi connectivity index (χ0) is 14.7. The van der Waals surface area contributed by atoms with E-state index in [1.165, 1.54) is 12.1 Å². The number of benzene rings is 2. The van der Waals surface area contributed by atoms with Crippen LogP contribution >= 0.6 is 15.9 Å². The van der Waals surface area contributed by atoms with Crippen molar-refractivity contribution in [3.8, 4) is 11.5 Å². The highest BCUT2D eigenvalue weighted by atomic mass is 79.9. The maximum absolute atomic E-state index is 10.8. The first-order valence-electron chi connectivity index (χ1n) is 5.83. The molecule has 6 heteroatoms. The number of nitrogens with zero attached hydrogens (tertiary/aromatic N) is 1. The van der Waals surface area contributed by atoms with Crippen molar-refractivity contribution in [1.82, 2.24) is 0 Å². The van der Waals surface area contributed by atoms with E-state index >= 15 is 0 Å². The van der Waals surface area contributed by atoms with E-state index < -0.39 is 4.92 Å². The average Bonchev–Trinajstić information content (AvgIpc) is 2.41. The maximum atomic E-state index is 10.8. The third-order valence-corrected chi connectivity index (χ3v) is 3.54. The van der Waals surface area contributed by atoms with E-state index in [4.69, 9.17) is 9.84 Å². The summed E-state index contributed by atoms with van der Waals surface area (Å²) < 4.78 is 6.39. The molecule has 0 radical (unpaired) electrons. The molecule has 0 heterocycles. The standard InChI is InChI=1S/C14H12BrNO4/c1-9-2-4-11(16(18)19)6-14(9)20-12-5-3-10(8-17)13(15)7-12/h2-7,17H,8H2,1H3. The molecule has 0 bridgehead atoms. The third kappa shape index (κ3) is 3.15. The summed E-state index contributed by atoms with van der Waals surface area (Å²) in [5.74, 6) is 0.973. The van der Waals surface area contributed by atoms with E-state index in [1.807, 2.05) is 6.92 Å². The molecule has 1 N–H and O–H groups in total. The van der Waals surface area contributed by atoms with Gasteiger partial charge in [0.05, 0.1) is 17.6 Å². The molecule has 0 aliphatic heterocycles. The number of aliphatic hydroxyl groups excluding tert-OH is 1. The summed E-state index contributed by atoms with van der Waals surface area (Å²) in [7, 11) is 0. The van der Waals surface area contributed by atoms with Gasteiger partial charge in [0.1, 0.15) is 11.5 Å². The van der Waals surface area contributed by atoms with Crippen molar-refractivity contribution in [2.24, 2.45) is 0 Å². The minimum atomic E-state index is -0.461. The highest BCUT2D eigenvalue weighted by Gasteiger charge is 2.11. The number of hydrogen-bond donors (Lipinski definition) is 1. The normalized spacial score (nSPS) is 10.3. The van der Waals surface area contributed by atoms with E-state index in [0.717, 1.165) is 15.6 Å². The molecule has 0 aromatic heterocycles. The van der Waals surface area contributed by atoms with Crippen LogP contribution in [-0.4, -0.2) is 10.0 Å². The Morgan fingerprint density at radius 3 is 2.65 bits per heavy atom. The van der Waals surface area contributed by atoms with E-state index in [-0.39, 0.29) is 12.3 Å². The maximum Gasteiger partial charge on any atom is 0.273 e. The second-order valence-electron chi connectivity index (χ2n) is 4.22. The van der Waals surface area contributed by atoms with Gasteiger partial charge in [-0.1, -0.05) is 22.0 Å². The molecule has 0 fully saturated rings. The lowest BCUT2D eigenvalue weighted by Gasteiger charge is -2.10. The van der Waals surface area contributed by atoms with Gasteiger partial charge < -0.3 is 9.84 Å². The first-order chi connectivity index (χ1) is 9.51. The molecule has 0 amide bonds. The first-order valence-corrected chi connectivity index (χ1v) is 6.62. The molecular weight excluding hydrogens is 326 g/mol. The molecule has 2 aromatic rings. The van der Waals surface area contributed by atoms with Crippen LogP contribution in [0, 0.1) is 17.0 Å². The molecule has 0 unspecified atom stereocenters. The number of halogens is 1. The minimum Gasteiger partial charge on any atom is -0.457 e. The smallest absolute Gasteiger partial charge is 0.273 e. The highest BCUT2D eigenvalue weighted by molar-refractivity contribution is 9.10. The third-order valence-electron chi connectivity index (χ3n) is 2.81. The number of hydrogen-bond acceptors (Lipinski definition) is 4. The molecule has 0 aliphatic rings. The van der Waals surface area contributed by atoms with Crippen LogP contribution in [0.2, 0.25) is 0 Å². The Balaban J connectivity index is 2.32. The van der Waals surface area contributed by atoms with Crippen LogP contribution in [0.15, 0.2) is 40.9 Å². The number of non-ortho nitro benzene ring substituents is 1. The van der Waals surface area contributed by atoms with Crippen LogP contribution in [-0.2, 0) is 6.61 Å². The van der Waals surface area contributed by atoms with Gasteiger partial charge in [0.2, 0.25) is 0 Å². The summed E-state index contributed by atoms with van der Waals surface area (Å²) in [6.07, 6.45) is 0. The van der Waals surface area contributed by atoms with Crippen LogP contribution in [0.25, 0.3) is 0 Å². The Morgan fingerprint density at radius 2 is 2.05 bits per heavy atom. The van der Waals surface area contributed by atoms with Gasteiger partial charge in [-0.2, -0.15) is 0 Å². The molecule has 0 aliphatic carbocycles. The number of nitro groups is 1. The molecule has 0 atom stereocenters. The molecule has 2 aromatic carbocycles.